The van der Waals surface area contributed by atoms with Crippen molar-refractivity contribution in [3.05, 3.63) is 99.3 Å². The molecule has 174 valence electrons. The standard InChI is InChI=1S/C26H14Cl2FNO5/c27-13-7-5-12(6-8-13)21-19-20(25(34)30(24(19)33)14-9-10-18(29)17(28)11-14)26(35-21)22(31)15-3-1-2-4-16(15)23(26)32/h1-11,19-21H/t19-,20+,21+/m0/s1. The molecule has 2 fully saturated rings. The van der Waals surface area contributed by atoms with Crippen molar-refractivity contribution in [2.24, 2.45) is 11.8 Å². The molecule has 3 aromatic rings. The van der Waals surface area contributed by atoms with E-state index in [1.54, 1.807) is 36.4 Å². The molecule has 2 aliphatic heterocycles. The molecule has 35 heavy (non-hydrogen) atoms. The van der Waals surface area contributed by atoms with Crippen LogP contribution in [0, 0.1) is 17.7 Å². The average Bonchev–Trinajstić information content (AvgIpc) is 3.41. The van der Waals surface area contributed by atoms with E-state index in [1.165, 1.54) is 18.2 Å². The van der Waals surface area contributed by atoms with Crippen LogP contribution in [-0.2, 0) is 14.3 Å². The number of imide groups is 1. The molecule has 1 aliphatic carbocycles. The minimum atomic E-state index is -2.19. The van der Waals surface area contributed by atoms with Gasteiger partial charge < -0.3 is 4.74 Å². The zero-order valence-corrected chi connectivity index (χ0v) is 19.2. The molecule has 2 heterocycles. The van der Waals surface area contributed by atoms with E-state index in [0.29, 0.717) is 10.6 Å². The second-order valence-corrected chi connectivity index (χ2v) is 9.49. The van der Waals surface area contributed by atoms with Gasteiger partial charge in [0.15, 0.2) is 0 Å². The predicted molar refractivity (Wildman–Crippen MR) is 124 cm³/mol. The van der Waals surface area contributed by atoms with E-state index in [9.17, 15) is 23.6 Å². The van der Waals surface area contributed by atoms with E-state index < -0.39 is 52.7 Å². The number of carbonyl (C=O) groups is 4. The van der Waals surface area contributed by atoms with Gasteiger partial charge in [-0.3, -0.25) is 19.2 Å². The Labute approximate surface area is 208 Å². The number of fused-ring (bicyclic) bond motifs is 3. The summed E-state index contributed by atoms with van der Waals surface area (Å²) in [7, 11) is 0. The second-order valence-electron chi connectivity index (χ2n) is 8.64. The van der Waals surface area contributed by atoms with Crippen molar-refractivity contribution in [2.45, 2.75) is 11.7 Å². The molecular formula is C26H14Cl2FNO5. The van der Waals surface area contributed by atoms with Crippen molar-refractivity contribution < 1.29 is 28.3 Å². The fourth-order valence-electron chi connectivity index (χ4n) is 5.35. The van der Waals surface area contributed by atoms with E-state index in [4.69, 9.17) is 27.9 Å². The molecule has 0 radical (unpaired) electrons. The number of ketones is 2. The van der Waals surface area contributed by atoms with Crippen LogP contribution in [0.15, 0.2) is 66.7 Å². The van der Waals surface area contributed by atoms with Gasteiger partial charge in [-0.1, -0.05) is 59.6 Å². The molecule has 0 unspecified atom stereocenters. The fraction of sp³-hybridized carbons (Fsp3) is 0.154. The Kier molecular flexibility index (Phi) is 4.77. The number of amides is 2. The first-order valence-corrected chi connectivity index (χ1v) is 11.5. The monoisotopic (exact) mass is 509 g/mol. The van der Waals surface area contributed by atoms with Gasteiger partial charge in [0.25, 0.3) is 0 Å². The lowest BCUT2D eigenvalue weighted by Crippen LogP contribution is -2.51. The summed E-state index contributed by atoms with van der Waals surface area (Å²) >= 11 is 11.9. The molecule has 0 bridgehead atoms. The van der Waals surface area contributed by atoms with Gasteiger partial charge >= 0.3 is 0 Å². The summed E-state index contributed by atoms with van der Waals surface area (Å²) in [5.74, 6) is -6.08. The molecule has 3 atom stereocenters. The van der Waals surface area contributed by atoms with Gasteiger partial charge in [-0.05, 0) is 35.9 Å². The Bertz CT molecular complexity index is 1440. The normalized spacial score (nSPS) is 24.4. The minimum Gasteiger partial charge on any atom is -0.349 e. The second kappa shape index (κ2) is 7.55. The molecule has 2 saturated heterocycles. The van der Waals surface area contributed by atoms with Crippen LogP contribution in [0.1, 0.15) is 32.4 Å². The number of ether oxygens (including phenoxy) is 1. The topological polar surface area (TPSA) is 80.8 Å². The highest BCUT2D eigenvalue weighted by Crippen LogP contribution is 2.57. The maximum atomic E-state index is 13.8. The van der Waals surface area contributed by atoms with Crippen LogP contribution in [-0.4, -0.2) is 29.0 Å². The van der Waals surface area contributed by atoms with Gasteiger partial charge in [0.2, 0.25) is 29.0 Å². The van der Waals surface area contributed by atoms with Crippen LogP contribution in [0.4, 0.5) is 10.1 Å². The van der Waals surface area contributed by atoms with Crippen molar-refractivity contribution in [3.8, 4) is 0 Å². The molecule has 6 nitrogen and oxygen atoms in total. The highest BCUT2D eigenvalue weighted by atomic mass is 35.5. The van der Waals surface area contributed by atoms with Crippen LogP contribution in [0.2, 0.25) is 10.0 Å². The van der Waals surface area contributed by atoms with Crippen LogP contribution in [0.25, 0.3) is 0 Å². The van der Waals surface area contributed by atoms with Gasteiger partial charge in [0.05, 0.1) is 28.6 Å². The fourth-order valence-corrected chi connectivity index (χ4v) is 5.65. The Morgan fingerprint density at radius 2 is 1.46 bits per heavy atom. The summed E-state index contributed by atoms with van der Waals surface area (Å²) in [6.07, 6.45) is -1.07. The van der Waals surface area contributed by atoms with E-state index in [2.05, 4.69) is 0 Å². The van der Waals surface area contributed by atoms with Crippen molar-refractivity contribution in [1.82, 2.24) is 0 Å². The number of hydrogen-bond acceptors (Lipinski definition) is 5. The summed E-state index contributed by atoms with van der Waals surface area (Å²) in [5.41, 5.74) is -1.39. The molecule has 0 saturated carbocycles. The summed E-state index contributed by atoms with van der Waals surface area (Å²) in [6, 6.07) is 16.1. The Hall–Kier alpha value is -3.39. The lowest BCUT2D eigenvalue weighted by molar-refractivity contribution is -0.127. The first-order valence-electron chi connectivity index (χ1n) is 10.7. The van der Waals surface area contributed by atoms with Crippen LogP contribution in [0.5, 0.6) is 0 Å². The van der Waals surface area contributed by atoms with Crippen LogP contribution < -0.4 is 4.90 Å². The summed E-state index contributed by atoms with van der Waals surface area (Å²) in [5, 5.41) is 0.163. The van der Waals surface area contributed by atoms with Gasteiger partial charge in [0.1, 0.15) is 5.82 Å². The molecular weight excluding hydrogens is 496 g/mol. The van der Waals surface area contributed by atoms with Gasteiger partial charge in [-0.2, -0.15) is 0 Å². The molecule has 2 amide bonds. The van der Waals surface area contributed by atoms with Gasteiger partial charge in [-0.25, -0.2) is 9.29 Å². The number of benzene rings is 3. The summed E-state index contributed by atoms with van der Waals surface area (Å²) < 4.78 is 20.0. The molecule has 1 spiro atoms. The molecule has 9 heteroatoms. The van der Waals surface area contributed by atoms with Crippen LogP contribution >= 0.6 is 23.2 Å². The molecule has 6 rings (SSSR count). The Morgan fingerprint density at radius 1 is 0.829 bits per heavy atom. The van der Waals surface area contributed by atoms with E-state index in [-0.39, 0.29) is 21.8 Å². The van der Waals surface area contributed by atoms with Gasteiger partial charge in [-0.15, -0.1) is 0 Å². The maximum Gasteiger partial charge on any atom is 0.241 e. The number of carbonyl (C=O) groups excluding carboxylic acids is 4. The molecule has 0 aromatic heterocycles. The van der Waals surface area contributed by atoms with Crippen molar-refractivity contribution in [1.29, 1.82) is 0 Å². The number of hydrogen-bond donors (Lipinski definition) is 0. The number of halogens is 3. The molecule has 3 aromatic carbocycles. The number of nitrogens with zero attached hydrogens (tertiary/aromatic N) is 1. The number of Topliss-reactive ketones (excluding diaryl/α,β-unsaturated/α-hetero) is 2. The lowest BCUT2D eigenvalue weighted by Gasteiger charge is -2.27. The third kappa shape index (κ3) is 2.86. The largest absolute Gasteiger partial charge is 0.349 e. The Balaban J connectivity index is 1.54. The van der Waals surface area contributed by atoms with Crippen molar-refractivity contribution in [3.63, 3.8) is 0 Å². The SMILES string of the molecule is O=C1[C@@H]2[C@@H](c3ccc(Cl)cc3)OC3(C(=O)c4ccccc4C3=O)[C@H]2C(=O)N1c1ccc(F)c(Cl)c1. The Morgan fingerprint density at radius 3 is 2.06 bits per heavy atom. The number of rotatable bonds is 2. The smallest absolute Gasteiger partial charge is 0.241 e. The third-order valence-electron chi connectivity index (χ3n) is 6.88. The van der Waals surface area contributed by atoms with Crippen molar-refractivity contribution >= 4 is 52.3 Å². The quantitative estimate of drug-likeness (QED) is 0.365. The average molecular weight is 510 g/mol. The molecule has 0 N–H and O–H groups in total. The molecule has 3 aliphatic rings. The van der Waals surface area contributed by atoms with Crippen LogP contribution in [0.3, 0.4) is 0 Å². The number of anilines is 1. The summed E-state index contributed by atoms with van der Waals surface area (Å²) in [4.78, 5) is 55.7. The first kappa shape index (κ1) is 22.1. The summed E-state index contributed by atoms with van der Waals surface area (Å²) in [6.45, 7) is 0. The zero-order chi connectivity index (χ0) is 24.6. The predicted octanol–water partition coefficient (Wildman–Crippen LogP) is 4.83. The first-order chi connectivity index (χ1) is 16.8. The zero-order valence-electron chi connectivity index (χ0n) is 17.7. The lowest BCUT2D eigenvalue weighted by atomic mass is 9.77. The van der Waals surface area contributed by atoms with E-state index in [0.717, 1.165) is 17.0 Å². The highest BCUT2D eigenvalue weighted by Gasteiger charge is 2.74. The highest BCUT2D eigenvalue weighted by molar-refractivity contribution is 6.37. The third-order valence-corrected chi connectivity index (χ3v) is 7.42. The minimum absolute atomic E-state index is 0.0428. The van der Waals surface area contributed by atoms with Crippen molar-refractivity contribution in [2.75, 3.05) is 4.90 Å². The van der Waals surface area contributed by atoms with E-state index >= 15 is 0 Å². The maximum absolute atomic E-state index is 13.8. The van der Waals surface area contributed by atoms with Gasteiger partial charge in [0, 0.05) is 16.1 Å². The van der Waals surface area contributed by atoms with E-state index in [1.807, 2.05) is 0 Å².